The third-order valence-corrected chi connectivity index (χ3v) is 4.05. The maximum atomic E-state index is 5.83. The van der Waals surface area contributed by atoms with Crippen LogP contribution < -0.4 is 10.6 Å². The number of hydrogen-bond acceptors (Lipinski definition) is 4. The Morgan fingerprint density at radius 3 is 2.87 bits per heavy atom. The molecule has 0 saturated heterocycles. The van der Waals surface area contributed by atoms with Crippen LogP contribution in [-0.2, 0) is 0 Å². The number of nitrogens with two attached hydrogens (primary N) is 1. The second kappa shape index (κ2) is 4.49. The highest BCUT2D eigenvalue weighted by atomic mass is 32.1. The van der Waals surface area contributed by atoms with Crippen LogP contribution in [0.2, 0.25) is 0 Å². The molecule has 15 heavy (non-hydrogen) atoms. The van der Waals surface area contributed by atoms with Crippen molar-refractivity contribution in [1.29, 1.82) is 0 Å². The monoisotopic (exact) mass is 225 g/mol. The van der Waals surface area contributed by atoms with Crippen molar-refractivity contribution in [1.82, 2.24) is 4.98 Å². The van der Waals surface area contributed by atoms with E-state index in [1.54, 1.807) is 11.3 Å². The summed E-state index contributed by atoms with van der Waals surface area (Å²) in [4.78, 5) is 8.00. The number of nitrogens with zero attached hydrogens (tertiary/aromatic N) is 2. The van der Waals surface area contributed by atoms with Gasteiger partial charge in [-0.3, -0.25) is 0 Å². The van der Waals surface area contributed by atoms with Gasteiger partial charge in [-0.05, 0) is 32.6 Å². The van der Waals surface area contributed by atoms with Gasteiger partial charge < -0.3 is 10.6 Å². The molecular formula is C11H19N3S. The summed E-state index contributed by atoms with van der Waals surface area (Å²) < 4.78 is 0. The molecule has 1 atom stereocenters. The van der Waals surface area contributed by atoms with Crippen LogP contribution in [-0.4, -0.2) is 18.1 Å². The molecule has 1 aliphatic rings. The van der Waals surface area contributed by atoms with Gasteiger partial charge in [-0.2, -0.15) is 0 Å². The molecule has 0 spiro atoms. The summed E-state index contributed by atoms with van der Waals surface area (Å²) in [7, 11) is 0. The van der Waals surface area contributed by atoms with Gasteiger partial charge in [0, 0.05) is 30.2 Å². The van der Waals surface area contributed by atoms with E-state index < -0.39 is 0 Å². The van der Waals surface area contributed by atoms with E-state index in [-0.39, 0.29) is 6.04 Å². The lowest BCUT2D eigenvalue weighted by molar-refractivity contribution is 0.739. The Kier molecular flexibility index (Phi) is 3.26. The number of hydrogen-bond donors (Lipinski definition) is 1. The van der Waals surface area contributed by atoms with Crippen molar-refractivity contribution in [2.75, 3.05) is 18.0 Å². The molecular weight excluding hydrogens is 206 g/mol. The topological polar surface area (TPSA) is 42.2 Å². The summed E-state index contributed by atoms with van der Waals surface area (Å²) in [6, 6.07) is 0.107. The second-order valence-corrected chi connectivity index (χ2v) is 5.36. The molecule has 1 heterocycles. The molecule has 2 N–H and O–H groups in total. The summed E-state index contributed by atoms with van der Waals surface area (Å²) in [5.41, 5.74) is 5.83. The summed E-state index contributed by atoms with van der Waals surface area (Å²) in [5.74, 6) is 0.910. The lowest BCUT2D eigenvalue weighted by Crippen LogP contribution is -2.24. The van der Waals surface area contributed by atoms with Crippen molar-refractivity contribution in [3.63, 3.8) is 0 Å². The van der Waals surface area contributed by atoms with Gasteiger partial charge in [0.25, 0.3) is 0 Å². The highest BCUT2D eigenvalue weighted by Gasteiger charge is 2.25. The molecule has 0 radical (unpaired) electrons. The van der Waals surface area contributed by atoms with Crippen LogP contribution in [0, 0.1) is 5.92 Å². The molecule has 4 heteroatoms. The van der Waals surface area contributed by atoms with E-state index in [1.807, 2.05) is 13.1 Å². The largest absolute Gasteiger partial charge is 0.348 e. The van der Waals surface area contributed by atoms with Crippen LogP contribution >= 0.6 is 11.3 Å². The minimum atomic E-state index is 0.107. The maximum Gasteiger partial charge on any atom is 0.185 e. The van der Waals surface area contributed by atoms with E-state index in [9.17, 15) is 0 Å². The van der Waals surface area contributed by atoms with Crippen LogP contribution in [0.4, 0.5) is 5.13 Å². The molecule has 1 aromatic rings. The fourth-order valence-corrected chi connectivity index (χ4v) is 2.53. The van der Waals surface area contributed by atoms with Crippen LogP contribution in [0.5, 0.6) is 0 Å². The van der Waals surface area contributed by atoms with Gasteiger partial charge in [0.05, 0.1) is 0 Å². The van der Waals surface area contributed by atoms with Crippen molar-refractivity contribution in [2.45, 2.75) is 32.7 Å². The molecule has 0 aromatic carbocycles. The van der Waals surface area contributed by atoms with Crippen LogP contribution in [0.25, 0.3) is 0 Å². The molecule has 3 nitrogen and oxygen atoms in total. The molecule has 2 rings (SSSR count). The molecule has 1 unspecified atom stereocenters. The van der Waals surface area contributed by atoms with E-state index >= 15 is 0 Å². The fourth-order valence-electron chi connectivity index (χ4n) is 1.59. The Labute approximate surface area is 95.3 Å². The Balaban J connectivity index is 2.04. The first-order valence-corrected chi connectivity index (χ1v) is 6.48. The molecule has 0 amide bonds. The Morgan fingerprint density at radius 1 is 1.67 bits per heavy atom. The fraction of sp³-hybridized carbons (Fsp3) is 0.727. The second-order valence-electron chi connectivity index (χ2n) is 4.32. The third-order valence-electron chi connectivity index (χ3n) is 2.79. The van der Waals surface area contributed by atoms with Crippen LogP contribution in [0.3, 0.4) is 0 Å². The van der Waals surface area contributed by atoms with Gasteiger partial charge >= 0.3 is 0 Å². The van der Waals surface area contributed by atoms with Crippen molar-refractivity contribution < 1.29 is 0 Å². The van der Waals surface area contributed by atoms with Crippen LogP contribution in [0.15, 0.2) is 6.20 Å². The summed E-state index contributed by atoms with van der Waals surface area (Å²) >= 11 is 1.73. The SMILES string of the molecule is CCN(CC1CC1)c1ncc(C(C)N)s1. The smallest absolute Gasteiger partial charge is 0.185 e. The van der Waals surface area contributed by atoms with Crippen molar-refractivity contribution in [3.05, 3.63) is 11.1 Å². The van der Waals surface area contributed by atoms with E-state index in [0.29, 0.717) is 0 Å². The molecule has 1 fully saturated rings. The van der Waals surface area contributed by atoms with Gasteiger partial charge in [-0.1, -0.05) is 0 Å². The molecule has 0 bridgehead atoms. The van der Waals surface area contributed by atoms with E-state index in [1.165, 1.54) is 24.3 Å². The first kappa shape index (κ1) is 10.9. The highest BCUT2D eigenvalue weighted by Crippen LogP contribution is 2.33. The molecule has 1 saturated carbocycles. The van der Waals surface area contributed by atoms with Gasteiger partial charge in [-0.25, -0.2) is 4.98 Å². The first-order chi connectivity index (χ1) is 7.20. The number of aromatic nitrogens is 1. The average Bonchev–Trinajstić information content (AvgIpc) is 2.89. The van der Waals surface area contributed by atoms with Crippen molar-refractivity contribution >= 4 is 16.5 Å². The summed E-state index contributed by atoms with van der Waals surface area (Å²) in [5, 5.41) is 1.14. The highest BCUT2D eigenvalue weighted by molar-refractivity contribution is 7.15. The van der Waals surface area contributed by atoms with Gasteiger partial charge in [-0.15, -0.1) is 11.3 Å². The number of rotatable bonds is 5. The molecule has 1 aliphatic carbocycles. The Bertz CT molecular complexity index is 317. The zero-order chi connectivity index (χ0) is 10.8. The first-order valence-electron chi connectivity index (χ1n) is 5.67. The molecule has 1 aromatic heterocycles. The Hall–Kier alpha value is -0.610. The minimum Gasteiger partial charge on any atom is -0.348 e. The zero-order valence-electron chi connectivity index (χ0n) is 9.44. The maximum absolute atomic E-state index is 5.83. The van der Waals surface area contributed by atoms with E-state index in [2.05, 4.69) is 16.8 Å². The van der Waals surface area contributed by atoms with Gasteiger partial charge in [0.2, 0.25) is 0 Å². The normalized spacial score (nSPS) is 17.8. The predicted octanol–water partition coefficient (Wildman–Crippen LogP) is 2.40. The van der Waals surface area contributed by atoms with Crippen LogP contribution in [0.1, 0.15) is 37.6 Å². The number of thiazole rings is 1. The number of anilines is 1. The average molecular weight is 225 g/mol. The van der Waals surface area contributed by atoms with E-state index in [4.69, 9.17) is 5.73 Å². The van der Waals surface area contributed by atoms with Gasteiger partial charge in [0.1, 0.15) is 0 Å². The van der Waals surface area contributed by atoms with E-state index in [0.717, 1.165) is 17.6 Å². The predicted molar refractivity (Wildman–Crippen MR) is 65.3 cm³/mol. The molecule has 84 valence electrons. The minimum absolute atomic E-state index is 0.107. The lowest BCUT2D eigenvalue weighted by atomic mass is 10.3. The summed E-state index contributed by atoms with van der Waals surface area (Å²) in [6.07, 6.45) is 4.70. The lowest BCUT2D eigenvalue weighted by Gasteiger charge is -2.19. The van der Waals surface area contributed by atoms with Crippen molar-refractivity contribution in [3.8, 4) is 0 Å². The summed E-state index contributed by atoms with van der Waals surface area (Å²) in [6.45, 7) is 6.41. The third kappa shape index (κ3) is 2.69. The quantitative estimate of drug-likeness (QED) is 0.836. The standard InChI is InChI=1S/C11H19N3S/c1-3-14(7-9-4-5-9)11-13-6-10(15-11)8(2)12/h6,8-9H,3-5,7,12H2,1-2H3. The van der Waals surface area contributed by atoms with Gasteiger partial charge in [0.15, 0.2) is 5.13 Å². The zero-order valence-corrected chi connectivity index (χ0v) is 10.3. The Morgan fingerprint density at radius 2 is 2.40 bits per heavy atom. The van der Waals surface area contributed by atoms with Crippen molar-refractivity contribution in [2.24, 2.45) is 11.7 Å². The molecule has 0 aliphatic heterocycles.